The second-order valence-electron chi connectivity index (χ2n) is 4.19. The van der Waals surface area contributed by atoms with E-state index in [-0.39, 0.29) is 6.10 Å². The average molecular weight is 201 g/mol. The van der Waals surface area contributed by atoms with Crippen LogP contribution in [-0.2, 0) is 4.74 Å². The summed E-state index contributed by atoms with van der Waals surface area (Å²) in [6.45, 7) is 1.36. The zero-order chi connectivity index (χ0) is 10.2. The summed E-state index contributed by atoms with van der Waals surface area (Å²) in [5, 5.41) is 12.9. The maximum absolute atomic E-state index is 9.41. The molecule has 3 heteroatoms. The summed E-state index contributed by atoms with van der Waals surface area (Å²) in [5.74, 6) is 0. The van der Waals surface area contributed by atoms with E-state index < -0.39 is 0 Å². The normalized spacial score (nSPS) is 21.0. The van der Waals surface area contributed by atoms with E-state index in [9.17, 15) is 5.11 Å². The summed E-state index contributed by atoms with van der Waals surface area (Å²) in [7, 11) is 1.62. The Labute approximate surface area is 86.8 Å². The highest BCUT2D eigenvalue weighted by Crippen LogP contribution is 2.17. The number of nitrogens with one attached hydrogen (secondary N) is 1. The van der Waals surface area contributed by atoms with Crippen molar-refractivity contribution in [2.75, 3.05) is 20.3 Å². The predicted molar refractivity (Wildman–Crippen MR) is 57.4 cm³/mol. The van der Waals surface area contributed by atoms with Gasteiger partial charge in [-0.2, -0.15) is 0 Å². The van der Waals surface area contributed by atoms with Gasteiger partial charge in [0, 0.05) is 13.2 Å². The van der Waals surface area contributed by atoms with Crippen LogP contribution in [0.4, 0.5) is 0 Å². The standard InChI is InChI=1S/C11H23NO2/c1-14-9-11(13)7-8-12-10-5-3-2-4-6-10/h10-13H,2-9H2,1H3. The lowest BCUT2D eigenvalue weighted by Crippen LogP contribution is -2.33. The third-order valence-electron chi connectivity index (χ3n) is 2.87. The van der Waals surface area contributed by atoms with Gasteiger partial charge in [-0.25, -0.2) is 0 Å². The molecule has 0 saturated heterocycles. The molecule has 84 valence electrons. The van der Waals surface area contributed by atoms with Crippen molar-refractivity contribution in [1.29, 1.82) is 0 Å². The molecule has 0 bridgehead atoms. The van der Waals surface area contributed by atoms with Gasteiger partial charge in [0.2, 0.25) is 0 Å². The molecule has 2 N–H and O–H groups in total. The van der Waals surface area contributed by atoms with Gasteiger partial charge in [-0.3, -0.25) is 0 Å². The third kappa shape index (κ3) is 4.94. The molecule has 0 aromatic carbocycles. The summed E-state index contributed by atoms with van der Waals surface area (Å²) >= 11 is 0. The molecule has 0 heterocycles. The van der Waals surface area contributed by atoms with E-state index in [1.807, 2.05) is 0 Å². The molecule has 1 fully saturated rings. The smallest absolute Gasteiger partial charge is 0.0785 e. The number of hydrogen-bond donors (Lipinski definition) is 2. The molecule has 3 nitrogen and oxygen atoms in total. The molecule has 1 rings (SSSR count). The van der Waals surface area contributed by atoms with Crippen LogP contribution in [-0.4, -0.2) is 37.5 Å². The summed E-state index contributed by atoms with van der Waals surface area (Å²) in [6, 6.07) is 0.693. The molecule has 1 aliphatic carbocycles. The van der Waals surface area contributed by atoms with Gasteiger partial charge in [-0.15, -0.1) is 0 Å². The Bertz CT molecular complexity index is 135. The first-order valence-corrected chi connectivity index (χ1v) is 5.73. The first-order valence-electron chi connectivity index (χ1n) is 5.73. The molecule has 14 heavy (non-hydrogen) atoms. The highest BCUT2D eigenvalue weighted by atomic mass is 16.5. The van der Waals surface area contributed by atoms with Crippen LogP contribution in [0.1, 0.15) is 38.5 Å². The van der Waals surface area contributed by atoms with Gasteiger partial charge >= 0.3 is 0 Å². The van der Waals surface area contributed by atoms with Gasteiger partial charge in [0.1, 0.15) is 0 Å². The van der Waals surface area contributed by atoms with Gasteiger partial charge < -0.3 is 15.2 Å². The Balaban J connectivity index is 1.96. The van der Waals surface area contributed by atoms with Crippen LogP contribution in [0, 0.1) is 0 Å². The van der Waals surface area contributed by atoms with Crippen LogP contribution >= 0.6 is 0 Å². The van der Waals surface area contributed by atoms with Crippen molar-refractivity contribution in [1.82, 2.24) is 5.32 Å². The molecule has 0 aromatic heterocycles. The van der Waals surface area contributed by atoms with Crippen LogP contribution < -0.4 is 5.32 Å². The van der Waals surface area contributed by atoms with Crippen molar-refractivity contribution < 1.29 is 9.84 Å². The largest absolute Gasteiger partial charge is 0.391 e. The fourth-order valence-corrected chi connectivity index (χ4v) is 2.04. The molecule has 0 aliphatic heterocycles. The molecule has 0 aromatic rings. The number of aliphatic hydroxyl groups is 1. The minimum atomic E-state index is -0.309. The first kappa shape index (κ1) is 12.0. The van der Waals surface area contributed by atoms with E-state index in [0.717, 1.165) is 13.0 Å². The van der Waals surface area contributed by atoms with E-state index >= 15 is 0 Å². The van der Waals surface area contributed by atoms with Crippen molar-refractivity contribution >= 4 is 0 Å². The Kier molecular flexibility index (Phi) is 6.15. The van der Waals surface area contributed by atoms with Crippen molar-refractivity contribution in [3.63, 3.8) is 0 Å². The lowest BCUT2D eigenvalue weighted by molar-refractivity contribution is 0.0587. The van der Waals surface area contributed by atoms with E-state index in [1.54, 1.807) is 7.11 Å². The summed E-state index contributed by atoms with van der Waals surface area (Å²) in [6.07, 6.45) is 7.21. The first-order chi connectivity index (χ1) is 6.83. The van der Waals surface area contributed by atoms with Gasteiger partial charge in [0.05, 0.1) is 12.7 Å². The van der Waals surface area contributed by atoms with Gasteiger partial charge in [-0.05, 0) is 25.8 Å². The molecular weight excluding hydrogens is 178 g/mol. The van der Waals surface area contributed by atoms with Gasteiger partial charge in [-0.1, -0.05) is 19.3 Å². The van der Waals surface area contributed by atoms with Crippen molar-refractivity contribution in [2.24, 2.45) is 0 Å². The van der Waals surface area contributed by atoms with E-state index in [2.05, 4.69) is 5.32 Å². The second kappa shape index (κ2) is 7.21. The number of rotatable bonds is 6. The van der Waals surface area contributed by atoms with Crippen LogP contribution in [0.15, 0.2) is 0 Å². The van der Waals surface area contributed by atoms with Crippen molar-refractivity contribution in [2.45, 2.75) is 50.7 Å². The minimum absolute atomic E-state index is 0.309. The number of methoxy groups -OCH3 is 1. The molecule has 0 amide bonds. The Morgan fingerprint density at radius 2 is 2.07 bits per heavy atom. The molecule has 0 spiro atoms. The quantitative estimate of drug-likeness (QED) is 0.681. The molecule has 1 saturated carbocycles. The topological polar surface area (TPSA) is 41.5 Å². The molecule has 0 radical (unpaired) electrons. The summed E-state index contributed by atoms with van der Waals surface area (Å²) in [5.41, 5.74) is 0. The summed E-state index contributed by atoms with van der Waals surface area (Å²) < 4.78 is 4.87. The Morgan fingerprint density at radius 3 is 2.71 bits per heavy atom. The lowest BCUT2D eigenvalue weighted by Gasteiger charge is -2.23. The zero-order valence-corrected chi connectivity index (χ0v) is 9.17. The van der Waals surface area contributed by atoms with Gasteiger partial charge in [0.25, 0.3) is 0 Å². The molecule has 1 aliphatic rings. The minimum Gasteiger partial charge on any atom is -0.391 e. The highest BCUT2D eigenvalue weighted by Gasteiger charge is 2.12. The number of hydrogen-bond acceptors (Lipinski definition) is 3. The second-order valence-corrected chi connectivity index (χ2v) is 4.19. The number of ether oxygens (including phenoxy) is 1. The van der Waals surface area contributed by atoms with E-state index in [4.69, 9.17) is 4.74 Å². The van der Waals surface area contributed by atoms with Crippen LogP contribution in [0.25, 0.3) is 0 Å². The van der Waals surface area contributed by atoms with Crippen molar-refractivity contribution in [3.05, 3.63) is 0 Å². The summed E-state index contributed by atoms with van der Waals surface area (Å²) in [4.78, 5) is 0. The maximum atomic E-state index is 9.41. The maximum Gasteiger partial charge on any atom is 0.0785 e. The van der Waals surface area contributed by atoms with Crippen molar-refractivity contribution in [3.8, 4) is 0 Å². The Morgan fingerprint density at radius 1 is 1.36 bits per heavy atom. The third-order valence-corrected chi connectivity index (χ3v) is 2.87. The molecular formula is C11H23NO2. The van der Waals surface area contributed by atoms with E-state index in [0.29, 0.717) is 12.6 Å². The molecule has 1 atom stereocenters. The lowest BCUT2D eigenvalue weighted by atomic mass is 9.95. The predicted octanol–water partition coefficient (Wildman–Crippen LogP) is 1.31. The number of aliphatic hydroxyl groups excluding tert-OH is 1. The fourth-order valence-electron chi connectivity index (χ4n) is 2.04. The van der Waals surface area contributed by atoms with Crippen LogP contribution in [0.3, 0.4) is 0 Å². The fraction of sp³-hybridized carbons (Fsp3) is 1.00. The van der Waals surface area contributed by atoms with Gasteiger partial charge in [0.15, 0.2) is 0 Å². The van der Waals surface area contributed by atoms with E-state index in [1.165, 1.54) is 32.1 Å². The Hall–Kier alpha value is -0.120. The molecule has 1 unspecified atom stereocenters. The highest BCUT2D eigenvalue weighted by molar-refractivity contribution is 4.72. The van der Waals surface area contributed by atoms with Crippen LogP contribution in [0.2, 0.25) is 0 Å². The van der Waals surface area contributed by atoms with Crippen LogP contribution in [0.5, 0.6) is 0 Å². The zero-order valence-electron chi connectivity index (χ0n) is 9.17. The SMILES string of the molecule is COCC(O)CCNC1CCCCC1. The monoisotopic (exact) mass is 201 g/mol. The average Bonchev–Trinajstić information content (AvgIpc) is 2.20.